The number of amides is 1. The van der Waals surface area contributed by atoms with Crippen LogP contribution in [-0.4, -0.2) is 41.9 Å². The molecular weight excluding hydrogens is 392 g/mol. The molecule has 0 unspecified atom stereocenters. The maximum Gasteiger partial charge on any atom is 0.264 e. The summed E-state index contributed by atoms with van der Waals surface area (Å²) in [5.74, 6) is 0.143. The Kier molecular flexibility index (Phi) is 5.01. The quantitative estimate of drug-likeness (QED) is 0.764. The molecule has 1 amide bonds. The molecule has 1 aliphatic rings. The van der Waals surface area contributed by atoms with Crippen molar-refractivity contribution in [1.82, 2.24) is 9.80 Å². The minimum atomic E-state index is 0.143. The van der Waals surface area contributed by atoms with Crippen molar-refractivity contribution in [2.24, 2.45) is 0 Å². The lowest BCUT2D eigenvalue weighted by molar-refractivity contribution is 0.0634. The molecule has 0 aromatic carbocycles. The first-order valence-electron chi connectivity index (χ1n) is 6.63. The van der Waals surface area contributed by atoms with Gasteiger partial charge in [-0.25, -0.2) is 0 Å². The summed E-state index contributed by atoms with van der Waals surface area (Å²) in [4.78, 5) is 18.8. The second-order valence-corrected chi connectivity index (χ2v) is 9.14. The van der Waals surface area contributed by atoms with Gasteiger partial charge in [-0.2, -0.15) is 0 Å². The molecule has 3 nitrogen and oxygen atoms in total. The summed E-state index contributed by atoms with van der Waals surface area (Å²) >= 11 is 12.5. The molecule has 1 aliphatic heterocycles. The van der Waals surface area contributed by atoms with Crippen molar-refractivity contribution < 1.29 is 4.79 Å². The van der Waals surface area contributed by atoms with Gasteiger partial charge in [0, 0.05) is 37.6 Å². The van der Waals surface area contributed by atoms with Gasteiger partial charge in [0.15, 0.2) is 0 Å². The molecule has 7 heteroatoms. The maximum atomic E-state index is 12.4. The van der Waals surface area contributed by atoms with Crippen LogP contribution in [0.25, 0.3) is 0 Å². The largest absolute Gasteiger partial charge is 0.335 e. The van der Waals surface area contributed by atoms with Gasteiger partial charge in [-0.1, -0.05) is 11.6 Å². The summed E-state index contributed by atoms with van der Waals surface area (Å²) in [6.07, 6.45) is 0. The van der Waals surface area contributed by atoms with Gasteiger partial charge in [-0.15, -0.1) is 22.7 Å². The Balaban J connectivity index is 1.54. The minimum absolute atomic E-state index is 0.143. The molecule has 3 rings (SSSR count). The van der Waals surface area contributed by atoms with Crippen LogP contribution in [0.15, 0.2) is 28.1 Å². The molecular formula is C14H14BrClN2OS2. The van der Waals surface area contributed by atoms with Gasteiger partial charge in [0.25, 0.3) is 5.91 Å². The number of carbonyl (C=O) groups excluding carboxylic acids is 1. The molecule has 2 aromatic rings. The first-order valence-corrected chi connectivity index (χ1v) is 9.43. The summed E-state index contributed by atoms with van der Waals surface area (Å²) in [6, 6.07) is 7.83. The lowest BCUT2D eigenvalue weighted by atomic mass is 10.3. The average Bonchev–Trinajstić information content (AvgIpc) is 3.08. The van der Waals surface area contributed by atoms with E-state index in [0.29, 0.717) is 0 Å². The Bertz CT molecular complexity index is 634. The topological polar surface area (TPSA) is 23.6 Å². The molecule has 1 fully saturated rings. The van der Waals surface area contributed by atoms with Gasteiger partial charge in [-0.05, 0) is 40.2 Å². The summed E-state index contributed by atoms with van der Waals surface area (Å²) < 4.78 is 1.83. The van der Waals surface area contributed by atoms with Crippen molar-refractivity contribution in [2.45, 2.75) is 6.54 Å². The van der Waals surface area contributed by atoms with Crippen LogP contribution in [0.4, 0.5) is 0 Å². The molecule has 2 aromatic heterocycles. The van der Waals surface area contributed by atoms with Gasteiger partial charge in [0.1, 0.15) is 0 Å². The molecule has 0 saturated carbocycles. The van der Waals surface area contributed by atoms with Crippen LogP contribution in [-0.2, 0) is 6.54 Å². The van der Waals surface area contributed by atoms with Crippen molar-refractivity contribution in [1.29, 1.82) is 0 Å². The van der Waals surface area contributed by atoms with Crippen LogP contribution in [0, 0.1) is 0 Å². The number of piperazine rings is 1. The van der Waals surface area contributed by atoms with E-state index in [1.165, 1.54) is 16.2 Å². The van der Waals surface area contributed by atoms with Crippen LogP contribution in [0.3, 0.4) is 0 Å². The normalized spacial score (nSPS) is 16.4. The number of nitrogens with zero attached hydrogens (tertiary/aromatic N) is 2. The van der Waals surface area contributed by atoms with Gasteiger partial charge in [-0.3, -0.25) is 9.69 Å². The van der Waals surface area contributed by atoms with Gasteiger partial charge >= 0.3 is 0 Å². The highest BCUT2D eigenvalue weighted by molar-refractivity contribution is 9.11. The van der Waals surface area contributed by atoms with Crippen LogP contribution in [0.2, 0.25) is 4.34 Å². The van der Waals surface area contributed by atoms with Gasteiger partial charge in [0.2, 0.25) is 0 Å². The highest BCUT2D eigenvalue weighted by Crippen LogP contribution is 2.25. The summed E-state index contributed by atoms with van der Waals surface area (Å²) in [7, 11) is 0. The van der Waals surface area contributed by atoms with Gasteiger partial charge < -0.3 is 4.90 Å². The predicted molar refractivity (Wildman–Crippen MR) is 92.5 cm³/mol. The van der Waals surface area contributed by atoms with Crippen molar-refractivity contribution in [3.63, 3.8) is 0 Å². The number of hydrogen-bond acceptors (Lipinski definition) is 4. The number of halogens is 2. The van der Waals surface area contributed by atoms with Crippen LogP contribution in [0.5, 0.6) is 0 Å². The zero-order chi connectivity index (χ0) is 14.8. The third-order valence-corrected chi connectivity index (χ3v) is 6.28. The molecule has 3 heterocycles. The van der Waals surface area contributed by atoms with E-state index in [1.54, 1.807) is 11.3 Å². The van der Waals surface area contributed by atoms with Crippen molar-refractivity contribution in [3.05, 3.63) is 42.1 Å². The molecule has 1 saturated heterocycles. The molecule has 112 valence electrons. The smallest absolute Gasteiger partial charge is 0.264 e. The Morgan fingerprint density at radius 1 is 1.14 bits per heavy atom. The van der Waals surface area contributed by atoms with Crippen LogP contribution < -0.4 is 0 Å². The van der Waals surface area contributed by atoms with E-state index < -0.39 is 0 Å². The fourth-order valence-corrected chi connectivity index (χ4v) is 4.84. The van der Waals surface area contributed by atoms with E-state index in [2.05, 4.69) is 26.9 Å². The fraction of sp³-hybridized carbons (Fsp3) is 0.357. The van der Waals surface area contributed by atoms with E-state index in [-0.39, 0.29) is 5.91 Å². The monoisotopic (exact) mass is 404 g/mol. The first kappa shape index (κ1) is 15.5. The summed E-state index contributed by atoms with van der Waals surface area (Å²) in [5.41, 5.74) is 0. The Morgan fingerprint density at radius 2 is 1.90 bits per heavy atom. The molecule has 0 N–H and O–H groups in total. The Morgan fingerprint density at radius 3 is 2.48 bits per heavy atom. The second-order valence-electron chi connectivity index (χ2n) is 4.88. The van der Waals surface area contributed by atoms with E-state index in [9.17, 15) is 4.79 Å². The second kappa shape index (κ2) is 6.79. The van der Waals surface area contributed by atoms with E-state index in [0.717, 1.165) is 45.7 Å². The Labute approximate surface area is 145 Å². The van der Waals surface area contributed by atoms with E-state index >= 15 is 0 Å². The Hall–Kier alpha value is -0.400. The molecule has 0 radical (unpaired) electrons. The lowest BCUT2D eigenvalue weighted by Gasteiger charge is -2.34. The number of thiophene rings is 2. The zero-order valence-electron chi connectivity index (χ0n) is 11.2. The van der Waals surface area contributed by atoms with Gasteiger partial charge in [0.05, 0.1) is 13.0 Å². The molecule has 0 atom stereocenters. The molecule has 0 aliphatic carbocycles. The predicted octanol–water partition coefficient (Wildman–Crippen LogP) is 4.18. The summed E-state index contributed by atoms with van der Waals surface area (Å²) in [5, 5.41) is 0. The third kappa shape index (κ3) is 3.87. The molecule has 0 bridgehead atoms. The van der Waals surface area contributed by atoms with Crippen LogP contribution >= 0.6 is 50.2 Å². The maximum absolute atomic E-state index is 12.4. The molecule has 21 heavy (non-hydrogen) atoms. The van der Waals surface area contributed by atoms with E-state index in [4.69, 9.17) is 11.6 Å². The SMILES string of the molecule is O=C(c1ccc(Br)s1)N1CCN(Cc2ccc(Cl)s2)CC1. The highest BCUT2D eigenvalue weighted by Gasteiger charge is 2.23. The first-order chi connectivity index (χ1) is 10.1. The third-order valence-electron chi connectivity index (χ3n) is 3.45. The molecule has 0 spiro atoms. The fourth-order valence-electron chi connectivity index (χ4n) is 2.35. The van der Waals surface area contributed by atoms with Crippen molar-refractivity contribution in [3.8, 4) is 0 Å². The summed E-state index contributed by atoms with van der Waals surface area (Å²) in [6.45, 7) is 4.31. The minimum Gasteiger partial charge on any atom is -0.335 e. The number of carbonyl (C=O) groups is 1. The number of rotatable bonds is 3. The number of hydrogen-bond donors (Lipinski definition) is 0. The zero-order valence-corrected chi connectivity index (χ0v) is 15.2. The highest BCUT2D eigenvalue weighted by atomic mass is 79.9. The average molecular weight is 406 g/mol. The van der Waals surface area contributed by atoms with E-state index in [1.807, 2.05) is 23.1 Å². The standard InChI is InChI=1S/C14H14BrClN2OS2/c15-12-3-2-11(21-12)14(19)18-7-5-17(6-8-18)9-10-1-4-13(16)20-10/h1-4H,5-9H2. The van der Waals surface area contributed by atoms with Crippen LogP contribution in [0.1, 0.15) is 14.5 Å². The van der Waals surface area contributed by atoms with Crippen molar-refractivity contribution in [2.75, 3.05) is 26.2 Å². The lowest BCUT2D eigenvalue weighted by Crippen LogP contribution is -2.48. The van der Waals surface area contributed by atoms with Crippen molar-refractivity contribution >= 4 is 56.1 Å².